The molecule has 104 valence electrons. The average Bonchev–Trinajstić information content (AvgIpc) is 2.43. The zero-order valence-corrected chi connectivity index (χ0v) is 11.7. The number of halogens is 1. The zero-order valence-electron chi connectivity index (χ0n) is 11.7. The van der Waals surface area contributed by atoms with E-state index in [1.165, 1.54) is 11.6 Å². The fourth-order valence-electron chi connectivity index (χ4n) is 2.98. The lowest BCUT2D eigenvalue weighted by molar-refractivity contribution is 0.270. The van der Waals surface area contributed by atoms with Crippen molar-refractivity contribution in [3.63, 3.8) is 0 Å². The highest BCUT2D eigenvalue weighted by Crippen LogP contribution is 2.38. The maximum atomic E-state index is 13.2. The molecule has 0 spiro atoms. The molecule has 2 aromatic rings. The van der Waals surface area contributed by atoms with Gasteiger partial charge in [-0.3, -0.25) is 0 Å². The molecular weight excluding hydrogens is 249 g/mol. The van der Waals surface area contributed by atoms with E-state index in [2.05, 4.69) is 36.5 Å². The van der Waals surface area contributed by atoms with Gasteiger partial charge in [-0.1, -0.05) is 42.5 Å². The summed E-state index contributed by atoms with van der Waals surface area (Å²) in [5, 5.41) is 3.65. The van der Waals surface area contributed by atoms with Crippen molar-refractivity contribution in [2.75, 3.05) is 0 Å². The van der Waals surface area contributed by atoms with Crippen molar-refractivity contribution in [1.82, 2.24) is 5.32 Å². The molecule has 2 heteroatoms. The van der Waals surface area contributed by atoms with Crippen LogP contribution >= 0.6 is 0 Å². The van der Waals surface area contributed by atoms with Gasteiger partial charge < -0.3 is 5.32 Å². The molecule has 0 saturated heterocycles. The molecule has 20 heavy (non-hydrogen) atoms. The Balaban J connectivity index is 1.54. The van der Waals surface area contributed by atoms with Crippen LogP contribution in [0.3, 0.4) is 0 Å². The van der Waals surface area contributed by atoms with Gasteiger partial charge in [-0.05, 0) is 48.9 Å². The van der Waals surface area contributed by atoms with Gasteiger partial charge in [0, 0.05) is 12.1 Å². The quantitative estimate of drug-likeness (QED) is 0.866. The van der Waals surface area contributed by atoms with Gasteiger partial charge in [0.25, 0.3) is 0 Å². The normalized spacial score (nSPS) is 23.1. The Labute approximate surface area is 119 Å². The largest absolute Gasteiger partial charge is 0.307 e. The van der Waals surface area contributed by atoms with E-state index in [1.54, 1.807) is 12.1 Å². The molecule has 0 amide bonds. The molecule has 0 bridgehead atoms. The Morgan fingerprint density at radius 1 is 1.05 bits per heavy atom. The first-order valence-electron chi connectivity index (χ1n) is 7.29. The van der Waals surface area contributed by atoms with Crippen LogP contribution in [0, 0.1) is 5.82 Å². The van der Waals surface area contributed by atoms with Crippen molar-refractivity contribution in [2.45, 2.75) is 37.8 Å². The molecule has 3 rings (SSSR count). The smallest absolute Gasteiger partial charge is 0.123 e. The summed E-state index contributed by atoms with van der Waals surface area (Å²) in [6, 6.07) is 18.4. The van der Waals surface area contributed by atoms with Crippen LogP contribution in [0.2, 0.25) is 0 Å². The molecule has 1 saturated carbocycles. The van der Waals surface area contributed by atoms with Crippen molar-refractivity contribution < 1.29 is 4.39 Å². The Morgan fingerprint density at radius 2 is 1.80 bits per heavy atom. The first-order chi connectivity index (χ1) is 9.72. The summed E-state index contributed by atoms with van der Waals surface area (Å²) in [7, 11) is 0. The highest BCUT2D eigenvalue weighted by molar-refractivity contribution is 5.24. The summed E-state index contributed by atoms with van der Waals surface area (Å²) in [6.07, 6.45) is 2.20. The standard InChI is InChI=1S/C18H20FN/c1-13(14-6-3-2-4-7-14)20-18-11-16(12-18)15-8-5-9-17(19)10-15/h2-10,13,16,18,20H,11-12H2,1H3/t13-,16?,18?/m1/s1. The molecule has 1 atom stereocenters. The molecule has 1 aliphatic rings. The van der Waals surface area contributed by atoms with E-state index in [9.17, 15) is 4.39 Å². The molecule has 1 N–H and O–H groups in total. The second kappa shape index (κ2) is 5.76. The predicted molar refractivity (Wildman–Crippen MR) is 80.2 cm³/mol. The lowest BCUT2D eigenvalue weighted by Gasteiger charge is -2.38. The van der Waals surface area contributed by atoms with Gasteiger partial charge in [0.2, 0.25) is 0 Å². The van der Waals surface area contributed by atoms with Crippen molar-refractivity contribution in [3.05, 3.63) is 71.5 Å². The number of nitrogens with one attached hydrogen (secondary N) is 1. The van der Waals surface area contributed by atoms with E-state index in [-0.39, 0.29) is 5.82 Å². The first-order valence-corrected chi connectivity index (χ1v) is 7.29. The van der Waals surface area contributed by atoms with E-state index in [1.807, 2.05) is 12.1 Å². The topological polar surface area (TPSA) is 12.0 Å². The lowest BCUT2D eigenvalue weighted by atomic mass is 9.75. The minimum atomic E-state index is -0.128. The molecule has 0 aromatic heterocycles. The average molecular weight is 269 g/mol. The van der Waals surface area contributed by atoms with Crippen LogP contribution in [0.1, 0.15) is 42.9 Å². The molecule has 0 heterocycles. The van der Waals surface area contributed by atoms with Gasteiger partial charge in [-0.2, -0.15) is 0 Å². The SMILES string of the molecule is C[C@@H](NC1CC(c2cccc(F)c2)C1)c1ccccc1. The monoisotopic (exact) mass is 269 g/mol. The van der Waals surface area contributed by atoms with Crippen LogP contribution in [-0.2, 0) is 0 Å². The Morgan fingerprint density at radius 3 is 2.50 bits per heavy atom. The molecule has 2 aromatic carbocycles. The highest BCUT2D eigenvalue weighted by atomic mass is 19.1. The summed E-state index contributed by atoms with van der Waals surface area (Å²) in [6.45, 7) is 2.20. The maximum absolute atomic E-state index is 13.2. The van der Waals surface area contributed by atoms with E-state index in [0.717, 1.165) is 18.4 Å². The summed E-state index contributed by atoms with van der Waals surface area (Å²) in [4.78, 5) is 0. The highest BCUT2D eigenvalue weighted by Gasteiger charge is 2.31. The van der Waals surface area contributed by atoms with E-state index < -0.39 is 0 Å². The Hall–Kier alpha value is -1.67. The molecule has 0 unspecified atom stereocenters. The van der Waals surface area contributed by atoms with Crippen molar-refractivity contribution >= 4 is 0 Å². The van der Waals surface area contributed by atoms with Gasteiger partial charge >= 0.3 is 0 Å². The van der Waals surface area contributed by atoms with Crippen LogP contribution in [0.25, 0.3) is 0 Å². The summed E-state index contributed by atoms with van der Waals surface area (Å²) in [5.74, 6) is 0.378. The minimum Gasteiger partial charge on any atom is -0.307 e. The van der Waals surface area contributed by atoms with E-state index >= 15 is 0 Å². The number of hydrogen-bond donors (Lipinski definition) is 1. The fraction of sp³-hybridized carbons (Fsp3) is 0.333. The van der Waals surface area contributed by atoms with Crippen molar-refractivity contribution in [3.8, 4) is 0 Å². The summed E-state index contributed by atoms with van der Waals surface area (Å²) < 4.78 is 13.2. The van der Waals surface area contributed by atoms with Gasteiger partial charge in [-0.25, -0.2) is 4.39 Å². The van der Waals surface area contributed by atoms with Crippen LogP contribution in [0.15, 0.2) is 54.6 Å². The van der Waals surface area contributed by atoms with Crippen molar-refractivity contribution in [1.29, 1.82) is 0 Å². The van der Waals surface area contributed by atoms with Gasteiger partial charge in [0.05, 0.1) is 0 Å². The molecule has 1 aliphatic carbocycles. The maximum Gasteiger partial charge on any atom is 0.123 e. The number of benzene rings is 2. The first kappa shape index (κ1) is 13.3. The third-order valence-corrected chi connectivity index (χ3v) is 4.24. The number of rotatable bonds is 4. The third kappa shape index (κ3) is 2.91. The van der Waals surface area contributed by atoms with Gasteiger partial charge in [-0.15, -0.1) is 0 Å². The molecule has 0 radical (unpaired) electrons. The second-order valence-electron chi connectivity index (χ2n) is 5.72. The molecule has 0 aliphatic heterocycles. The Kier molecular flexibility index (Phi) is 3.83. The fourth-order valence-corrected chi connectivity index (χ4v) is 2.98. The molecular formula is C18H20FN. The van der Waals surface area contributed by atoms with Gasteiger partial charge in [0.1, 0.15) is 5.82 Å². The van der Waals surface area contributed by atoms with Crippen LogP contribution in [-0.4, -0.2) is 6.04 Å². The summed E-state index contributed by atoms with van der Waals surface area (Å²) in [5.41, 5.74) is 2.46. The van der Waals surface area contributed by atoms with Gasteiger partial charge in [0.15, 0.2) is 0 Å². The van der Waals surface area contributed by atoms with Crippen LogP contribution in [0.5, 0.6) is 0 Å². The third-order valence-electron chi connectivity index (χ3n) is 4.24. The predicted octanol–water partition coefficient (Wildman–Crippen LogP) is 4.42. The summed E-state index contributed by atoms with van der Waals surface area (Å²) >= 11 is 0. The minimum absolute atomic E-state index is 0.128. The Bertz CT molecular complexity index is 561. The molecule has 1 nitrogen and oxygen atoms in total. The van der Waals surface area contributed by atoms with Crippen molar-refractivity contribution in [2.24, 2.45) is 0 Å². The van der Waals surface area contributed by atoms with E-state index in [0.29, 0.717) is 18.0 Å². The zero-order chi connectivity index (χ0) is 13.9. The molecule has 1 fully saturated rings. The lowest BCUT2D eigenvalue weighted by Crippen LogP contribution is -2.41. The van der Waals surface area contributed by atoms with Crippen LogP contribution in [0.4, 0.5) is 4.39 Å². The number of hydrogen-bond acceptors (Lipinski definition) is 1. The van der Waals surface area contributed by atoms with E-state index in [4.69, 9.17) is 0 Å². The van der Waals surface area contributed by atoms with Crippen LogP contribution < -0.4 is 5.32 Å². The second-order valence-corrected chi connectivity index (χ2v) is 5.72.